The van der Waals surface area contributed by atoms with Gasteiger partial charge in [-0.25, -0.2) is 0 Å². The Balaban J connectivity index is 2.42. The van der Waals surface area contributed by atoms with E-state index in [9.17, 15) is 4.79 Å². The van der Waals surface area contributed by atoms with Crippen LogP contribution in [0.15, 0.2) is 54.3 Å². The van der Waals surface area contributed by atoms with E-state index in [2.05, 4.69) is 32.1 Å². The Bertz CT molecular complexity index is 579. The number of anilines is 1. The van der Waals surface area contributed by atoms with Gasteiger partial charge < -0.3 is 0 Å². The number of hydrogen-bond acceptors (Lipinski definition) is 1. The molecule has 0 bridgehead atoms. The predicted octanol–water partition coefficient (Wildman–Crippen LogP) is 4.06. The number of hydrogen-bond donors (Lipinski definition) is 0. The van der Waals surface area contributed by atoms with Crippen molar-refractivity contribution in [2.75, 3.05) is 4.90 Å². The van der Waals surface area contributed by atoms with Crippen LogP contribution >= 0.6 is 0 Å². The van der Waals surface area contributed by atoms with Crippen LogP contribution in [-0.4, -0.2) is 5.91 Å². The molecule has 0 aromatic heterocycles. The topological polar surface area (TPSA) is 20.3 Å². The number of carbonyl (C=O) groups is 1. The lowest BCUT2D eigenvalue weighted by atomic mass is 10.1. The highest BCUT2D eigenvalue weighted by Crippen LogP contribution is 2.25. The van der Waals surface area contributed by atoms with E-state index >= 15 is 0 Å². The molecule has 0 saturated heterocycles. The molecule has 0 unspecified atom stereocenters. The van der Waals surface area contributed by atoms with Gasteiger partial charge in [-0.2, -0.15) is 0 Å². The SMILES string of the molecule is CC(=O)N(C1=CC=CC=CC1)c1ccc(C)c(C)c1. The lowest BCUT2D eigenvalue weighted by molar-refractivity contribution is -0.116. The summed E-state index contributed by atoms with van der Waals surface area (Å²) in [4.78, 5) is 13.8. The summed E-state index contributed by atoms with van der Waals surface area (Å²) < 4.78 is 0. The molecule has 0 radical (unpaired) electrons. The fraction of sp³-hybridized carbons (Fsp3) is 0.235. The molecule has 0 fully saturated rings. The molecule has 0 saturated carbocycles. The van der Waals surface area contributed by atoms with Crippen LogP contribution in [0.4, 0.5) is 5.69 Å². The molecule has 2 nitrogen and oxygen atoms in total. The Kier molecular flexibility index (Phi) is 4.00. The number of benzene rings is 1. The number of amides is 1. The summed E-state index contributed by atoms with van der Waals surface area (Å²) in [6.45, 7) is 5.75. The maximum Gasteiger partial charge on any atom is 0.228 e. The Morgan fingerprint density at radius 1 is 1.11 bits per heavy atom. The van der Waals surface area contributed by atoms with Crippen molar-refractivity contribution >= 4 is 11.6 Å². The summed E-state index contributed by atoms with van der Waals surface area (Å²) in [6, 6.07) is 6.13. The Morgan fingerprint density at radius 2 is 1.89 bits per heavy atom. The average Bonchev–Trinajstić information content (AvgIpc) is 2.62. The second kappa shape index (κ2) is 5.70. The van der Waals surface area contributed by atoms with E-state index in [1.54, 1.807) is 11.8 Å². The van der Waals surface area contributed by atoms with Gasteiger partial charge >= 0.3 is 0 Å². The van der Waals surface area contributed by atoms with Gasteiger partial charge in [0.05, 0.1) is 0 Å². The van der Waals surface area contributed by atoms with E-state index in [0.717, 1.165) is 17.8 Å². The van der Waals surface area contributed by atoms with E-state index in [1.165, 1.54) is 11.1 Å². The molecule has 19 heavy (non-hydrogen) atoms. The number of aryl methyl sites for hydroxylation is 2. The molecule has 2 heteroatoms. The molecule has 0 N–H and O–H groups in total. The molecule has 98 valence electrons. The minimum absolute atomic E-state index is 0.0400. The van der Waals surface area contributed by atoms with E-state index in [0.29, 0.717) is 0 Å². The lowest BCUT2D eigenvalue weighted by Gasteiger charge is -2.24. The summed E-state index contributed by atoms with van der Waals surface area (Å²) in [6.07, 6.45) is 10.8. The smallest absolute Gasteiger partial charge is 0.228 e. The van der Waals surface area contributed by atoms with Gasteiger partial charge in [-0.3, -0.25) is 9.69 Å². The number of rotatable bonds is 2. The summed E-state index contributed by atoms with van der Waals surface area (Å²) in [7, 11) is 0. The first-order chi connectivity index (χ1) is 9.09. The number of carbonyl (C=O) groups excluding carboxylic acids is 1. The van der Waals surface area contributed by atoms with E-state index in [1.807, 2.05) is 30.4 Å². The van der Waals surface area contributed by atoms with Gasteiger partial charge in [0, 0.05) is 24.7 Å². The second-order valence-electron chi connectivity index (χ2n) is 4.80. The third-order valence-corrected chi connectivity index (χ3v) is 3.32. The Hall–Kier alpha value is -2.09. The molecule has 0 atom stereocenters. The molecule has 1 amide bonds. The maximum absolute atomic E-state index is 12.0. The van der Waals surface area contributed by atoms with Crippen molar-refractivity contribution in [1.82, 2.24) is 0 Å². The first-order valence-electron chi connectivity index (χ1n) is 6.50. The van der Waals surface area contributed by atoms with Crippen LogP contribution in [0.2, 0.25) is 0 Å². The van der Waals surface area contributed by atoms with Crippen LogP contribution in [0, 0.1) is 13.8 Å². The van der Waals surface area contributed by atoms with Crippen molar-refractivity contribution in [3.63, 3.8) is 0 Å². The molecule has 1 aromatic rings. The quantitative estimate of drug-likeness (QED) is 0.778. The molecular formula is C17H19NO. The third-order valence-electron chi connectivity index (χ3n) is 3.32. The largest absolute Gasteiger partial charge is 0.285 e. The fourth-order valence-electron chi connectivity index (χ4n) is 2.15. The average molecular weight is 253 g/mol. The molecule has 1 aliphatic carbocycles. The predicted molar refractivity (Wildman–Crippen MR) is 80.1 cm³/mol. The highest BCUT2D eigenvalue weighted by atomic mass is 16.2. The molecule has 2 rings (SSSR count). The second-order valence-corrected chi connectivity index (χ2v) is 4.80. The van der Waals surface area contributed by atoms with Gasteiger partial charge in [0.1, 0.15) is 0 Å². The lowest BCUT2D eigenvalue weighted by Crippen LogP contribution is -2.27. The van der Waals surface area contributed by atoms with Gasteiger partial charge in [0.25, 0.3) is 0 Å². The zero-order chi connectivity index (χ0) is 13.8. The van der Waals surface area contributed by atoms with Crippen molar-refractivity contribution < 1.29 is 4.79 Å². The minimum atomic E-state index is 0.0400. The van der Waals surface area contributed by atoms with Crippen molar-refractivity contribution in [3.05, 3.63) is 65.4 Å². The summed E-state index contributed by atoms with van der Waals surface area (Å²) in [5.74, 6) is 0.0400. The highest BCUT2D eigenvalue weighted by molar-refractivity contribution is 5.95. The van der Waals surface area contributed by atoms with Crippen LogP contribution in [0.5, 0.6) is 0 Å². The summed E-state index contributed by atoms with van der Waals surface area (Å²) in [5.41, 5.74) is 4.37. The van der Waals surface area contributed by atoms with Gasteiger partial charge in [-0.1, -0.05) is 30.4 Å². The molecule has 0 aliphatic heterocycles. The Labute approximate surface area is 114 Å². The van der Waals surface area contributed by atoms with Gasteiger partial charge in [-0.05, 0) is 43.2 Å². The van der Waals surface area contributed by atoms with Crippen molar-refractivity contribution in [1.29, 1.82) is 0 Å². The van der Waals surface area contributed by atoms with Gasteiger partial charge in [-0.15, -0.1) is 0 Å². The van der Waals surface area contributed by atoms with Crippen molar-refractivity contribution in [3.8, 4) is 0 Å². The van der Waals surface area contributed by atoms with Crippen molar-refractivity contribution in [2.24, 2.45) is 0 Å². The normalized spacial score (nSPS) is 13.9. The maximum atomic E-state index is 12.0. The van der Waals surface area contributed by atoms with E-state index in [-0.39, 0.29) is 5.91 Å². The number of nitrogens with zero attached hydrogens (tertiary/aromatic N) is 1. The first-order valence-corrected chi connectivity index (χ1v) is 6.50. The van der Waals surface area contributed by atoms with Crippen LogP contribution in [0.3, 0.4) is 0 Å². The summed E-state index contributed by atoms with van der Waals surface area (Å²) >= 11 is 0. The first kappa shape index (κ1) is 13.3. The van der Waals surface area contributed by atoms with Crippen LogP contribution in [0.25, 0.3) is 0 Å². The summed E-state index contributed by atoms with van der Waals surface area (Å²) in [5, 5.41) is 0. The fourth-order valence-corrected chi connectivity index (χ4v) is 2.15. The van der Waals surface area contributed by atoms with E-state index in [4.69, 9.17) is 0 Å². The van der Waals surface area contributed by atoms with Crippen molar-refractivity contribution in [2.45, 2.75) is 27.2 Å². The highest BCUT2D eigenvalue weighted by Gasteiger charge is 2.16. The van der Waals surface area contributed by atoms with E-state index < -0.39 is 0 Å². The zero-order valence-corrected chi connectivity index (χ0v) is 11.7. The molecule has 1 aromatic carbocycles. The zero-order valence-electron chi connectivity index (χ0n) is 11.7. The van der Waals surface area contributed by atoms with Crippen LogP contribution in [0.1, 0.15) is 24.5 Å². The monoisotopic (exact) mass is 253 g/mol. The van der Waals surface area contributed by atoms with Gasteiger partial charge in [0.2, 0.25) is 5.91 Å². The molecule has 0 heterocycles. The minimum Gasteiger partial charge on any atom is -0.285 e. The molecule has 1 aliphatic rings. The van der Waals surface area contributed by atoms with Gasteiger partial charge in [0.15, 0.2) is 0 Å². The molecule has 0 spiro atoms. The molecular weight excluding hydrogens is 234 g/mol. The number of allylic oxidation sites excluding steroid dienone is 5. The Morgan fingerprint density at radius 3 is 2.58 bits per heavy atom. The third kappa shape index (κ3) is 3.02. The van der Waals surface area contributed by atoms with Crippen LogP contribution < -0.4 is 4.90 Å². The van der Waals surface area contributed by atoms with Crippen LogP contribution in [-0.2, 0) is 4.79 Å². The standard InChI is InChI=1S/C17H19NO/c1-13-10-11-17(12-14(13)2)18(15(3)19)16-8-6-4-5-7-9-16/h4-8,10-12H,9H2,1-3H3.